The first kappa shape index (κ1) is 26.2. The van der Waals surface area contributed by atoms with Crippen LogP contribution < -0.4 is 20.7 Å². The molecule has 40 heavy (non-hydrogen) atoms. The van der Waals surface area contributed by atoms with E-state index in [-0.39, 0.29) is 22.4 Å². The molecule has 11 heteroatoms. The van der Waals surface area contributed by atoms with E-state index in [1.54, 1.807) is 55.5 Å². The second-order valence-electron chi connectivity index (χ2n) is 9.21. The van der Waals surface area contributed by atoms with Crippen molar-refractivity contribution in [3.8, 4) is 5.75 Å². The lowest BCUT2D eigenvalue weighted by molar-refractivity contribution is -0.385. The van der Waals surface area contributed by atoms with Crippen molar-refractivity contribution in [2.24, 2.45) is 0 Å². The van der Waals surface area contributed by atoms with Gasteiger partial charge in [0.1, 0.15) is 23.2 Å². The van der Waals surface area contributed by atoms with Crippen LogP contribution in [0.1, 0.15) is 34.5 Å². The van der Waals surface area contributed by atoms with Gasteiger partial charge in [-0.25, -0.2) is 4.68 Å². The predicted molar refractivity (Wildman–Crippen MR) is 151 cm³/mol. The van der Waals surface area contributed by atoms with Crippen LogP contribution >= 0.6 is 0 Å². The molecular weight excluding hydrogens is 512 g/mol. The maximum atomic E-state index is 13.8. The number of nitrogens with one attached hydrogen (secondary N) is 3. The molecule has 1 aliphatic rings. The molecule has 0 fully saturated rings. The highest BCUT2D eigenvalue weighted by atomic mass is 16.6. The number of benzene rings is 3. The molecule has 0 saturated heterocycles. The maximum absolute atomic E-state index is 13.8. The Labute approximate surface area is 229 Å². The van der Waals surface area contributed by atoms with Gasteiger partial charge in [-0.2, -0.15) is 5.10 Å². The minimum Gasteiger partial charge on any atom is -0.495 e. The van der Waals surface area contributed by atoms with Gasteiger partial charge in [-0.3, -0.25) is 19.7 Å². The van der Waals surface area contributed by atoms with Crippen molar-refractivity contribution in [3.05, 3.63) is 117 Å². The Balaban J connectivity index is 1.60. The van der Waals surface area contributed by atoms with Crippen molar-refractivity contribution in [1.29, 1.82) is 0 Å². The van der Waals surface area contributed by atoms with Crippen LogP contribution in [0.4, 0.5) is 22.9 Å². The molecule has 1 aliphatic heterocycles. The first-order chi connectivity index (χ1) is 19.3. The summed E-state index contributed by atoms with van der Waals surface area (Å²) in [5.74, 6) is -0.172. The minimum atomic E-state index is -1.01. The number of nitrogens with zero attached hydrogens (tertiary/aromatic N) is 3. The summed E-state index contributed by atoms with van der Waals surface area (Å²) in [4.78, 5) is 38.6. The first-order valence-corrected chi connectivity index (χ1v) is 12.4. The summed E-state index contributed by atoms with van der Waals surface area (Å²) in [7, 11) is 1.49. The van der Waals surface area contributed by atoms with Crippen molar-refractivity contribution in [2.75, 3.05) is 23.1 Å². The number of aromatic nitrogens is 2. The summed E-state index contributed by atoms with van der Waals surface area (Å²) in [5.41, 5.74) is 2.91. The number of fused-ring (bicyclic) bond motifs is 1. The molecule has 2 heterocycles. The Hall–Kier alpha value is -5.45. The number of carbonyl (C=O) groups is 2. The summed E-state index contributed by atoms with van der Waals surface area (Å²) >= 11 is 0. The summed E-state index contributed by atoms with van der Waals surface area (Å²) in [5, 5.41) is 25.3. The standard InChI is InChI=1S/C29H26N6O5/c1-17-9-8-10-19(15-17)32-28(36)21-16-30-34-26(20-11-4-6-13-23(20)35(38)39)25(18(2)31-27(21)34)29(37)33-22-12-5-7-14-24(22)40-3/h4-16,26,31H,1-3H3,(H,32,36)(H,33,37). The third-order valence-electron chi connectivity index (χ3n) is 6.57. The van der Waals surface area contributed by atoms with E-state index < -0.39 is 22.8 Å². The third-order valence-corrected chi connectivity index (χ3v) is 6.57. The Morgan fingerprint density at radius 1 is 1.00 bits per heavy atom. The number of amides is 2. The van der Waals surface area contributed by atoms with Gasteiger partial charge in [0.05, 0.1) is 35.1 Å². The average molecular weight is 539 g/mol. The molecule has 1 atom stereocenters. The van der Waals surface area contributed by atoms with Crippen molar-refractivity contribution < 1.29 is 19.2 Å². The smallest absolute Gasteiger partial charge is 0.275 e. The predicted octanol–water partition coefficient (Wildman–Crippen LogP) is 5.29. The van der Waals surface area contributed by atoms with Crippen molar-refractivity contribution in [1.82, 2.24) is 9.78 Å². The van der Waals surface area contributed by atoms with Crippen LogP contribution in [0.25, 0.3) is 0 Å². The van der Waals surface area contributed by atoms with E-state index in [0.717, 1.165) is 5.56 Å². The lowest BCUT2D eigenvalue weighted by Crippen LogP contribution is -2.32. The molecule has 4 aromatic rings. The van der Waals surface area contributed by atoms with Crippen LogP contribution in [0.3, 0.4) is 0 Å². The quantitative estimate of drug-likeness (QED) is 0.215. The first-order valence-electron chi connectivity index (χ1n) is 12.4. The van der Waals surface area contributed by atoms with E-state index in [1.165, 1.54) is 24.1 Å². The Bertz CT molecular complexity index is 1670. The summed E-state index contributed by atoms with van der Waals surface area (Å²) < 4.78 is 6.80. The number of hydrogen-bond acceptors (Lipinski definition) is 7. The number of ether oxygens (including phenoxy) is 1. The van der Waals surface area contributed by atoms with Crippen LogP contribution in [-0.4, -0.2) is 33.6 Å². The second-order valence-corrected chi connectivity index (χ2v) is 9.21. The van der Waals surface area contributed by atoms with Crippen LogP contribution in [0.15, 0.2) is 90.3 Å². The van der Waals surface area contributed by atoms with Gasteiger partial charge in [-0.15, -0.1) is 0 Å². The van der Waals surface area contributed by atoms with Gasteiger partial charge in [0, 0.05) is 17.5 Å². The second kappa shape index (κ2) is 10.7. The van der Waals surface area contributed by atoms with Crippen LogP contribution in [0, 0.1) is 17.0 Å². The third kappa shape index (κ3) is 4.87. The minimum absolute atomic E-state index is 0.183. The van der Waals surface area contributed by atoms with Crippen molar-refractivity contribution in [3.63, 3.8) is 0 Å². The molecule has 0 bridgehead atoms. The van der Waals surface area contributed by atoms with Gasteiger partial charge in [0.25, 0.3) is 17.5 Å². The molecule has 202 valence electrons. The Morgan fingerprint density at radius 3 is 2.50 bits per heavy atom. The van der Waals surface area contributed by atoms with E-state index >= 15 is 0 Å². The van der Waals surface area contributed by atoms with Gasteiger partial charge in [0.2, 0.25) is 0 Å². The molecule has 5 rings (SSSR count). The maximum Gasteiger partial charge on any atom is 0.275 e. The number of para-hydroxylation sites is 3. The Kier molecular flexibility index (Phi) is 7.02. The van der Waals surface area contributed by atoms with Crippen molar-refractivity contribution >= 4 is 34.7 Å². The fourth-order valence-corrected chi connectivity index (χ4v) is 4.75. The van der Waals surface area contributed by atoms with Crippen LogP contribution in [-0.2, 0) is 4.79 Å². The molecule has 0 aliphatic carbocycles. The summed E-state index contributed by atoms with van der Waals surface area (Å²) in [6.07, 6.45) is 1.38. The zero-order chi connectivity index (χ0) is 28.4. The molecule has 1 unspecified atom stereocenters. The highest BCUT2D eigenvalue weighted by Gasteiger charge is 2.38. The molecular formula is C29H26N6O5. The van der Waals surface area contributed by atoms with E-state index in [2.05, 4.69) is 21.0 Å². The number of carbonyl (C=O) groups excluding carboxylic acids is 2. The van der Waals surface area contributed by atoms with Gasteiger partial charge < -0.3 is 20.7 Å². The lowest BCUT2D eigenvalue weighted by atomic mass is 9.93. The molecule has 3 aromatic carbocycles. The monoisotopic (exact) mass is 538 g/mol. The number of nitro benzene ring substituents is 1. The highest BCUT2D eigenvalue weighted by Crippen LogP contribution is 2.41. The summed E-state index contributed by atoms with van der Waals surface area (Å²) in [6, 6.07) is 19.4. The van der Waals surface area contributed by atoms with E-state index in [9.17, 15) is 19.7 Å². The number of allylic oxidation sites excluding steroid dienone is 1. The zero-order valence-corrected chi connectivity index (χ0v) is 22.0. The van der Waals surface area contributed by atoms with E-state index in [0.29, 0.717) is 28.6 Å². The number of hydrogen-bond donors (Lipinski definition) is 3. The summed E-state index contributed by atoms with van der Waals surface area (Å²) in [6.45, 7) is 3.60. The molecule has 0 saturated carbocycles. The number of rotatable bonds is 7. The van der Waals surface area contributed by atoms with Gasteiger partial charge in [-0.05, 0) is 49.7 Å². The van der Waals surface area contributed by atoms with Gasteiger partial charge in [0.15, 0.2) is 0 Å². The van der Waals surface area contributed by atoms with Gasteiger partial charge in [-0.1, -0.05) is 36.4 Å². The largest absolute Gasteiger partial charge is 0.495 e. The fourth-order valence-electron chi connectivity index (χ4n) is 4.75. The molecule has 11 nitrogen and oxygen atoms in total. The van der Waals surface area contributed by atoms with E-state index in [4.69, 9.17) is 4.74 Å². The van der Waals surface area contributed by atoms with Crippen LogP contribution in [0.2, 0.25) is 0 Å². The fraction of sp³-hybridized carbons (Fsp3) is 0.138. The van der Waals surface area contributed by atoms with Crippen LogP contribution in [0.5, 0.6) is 5.75 Å². The SMILES string of the molecule is COc1ccccc1NC(=O)C1=C(C)Nc2c(C(=O)Nc3cccc(C)c3)cnn2C1c1ccccc1[N+](=O)[O-]. The molecule has 2 amide bonds. The zero-order valence-electron chi connectivity index (χ0n) is 22.0. The lowest BCUT2D eigenvalue weighted by Gasteiger charge is -2.30. The molecule has 1 aromatic heterocycles. The van der Waals surface area contributed by atoms with E-state index in [1.807, 2.05) is 25.1 Å². The van der Waals surface area contributed by atoms with Gasteiger partial charge >= 0.3 is 0 Å². The average Bonchev–Trinajstić information content (AvgIpc) is 3.36. The number of anilines is 3. The Morgan fingerprint density at radius 2 is 1.75 bits per heavy atom. The number of methoxy groups -OCH3 is 1. The topological polar surface area (TPSA) is 140 Å². The highest BCUT2D eigenvalue weighted by molar-refractivity contribution is 6.10. The number of aryl methyl sites for hydroxylation is 1. The normalized spacial score (nSPS) is 14.1. The molecule has 3 N–H and O–H groups in total. The molecule has 0 radical (unpaired) electrons. The van der Waals surface area contributed by atoms with Crippen molar-refractivity contribution in [2.45, 2.75) is 19.9 Å². The molecule has 0 spiro atoms. The number of nitro groups is 1.